The number of hydrogen-bond acceptors (Lipinski definition) is 5. The summed E-state index contributed by atoms with van der Waals surface area (Å²) in [7, 11) is 0. The summed E-state index contributed by atoms with van der Waals surface area (Å²) < 4.78 is 18.6. The second-order valence-electron chi connectivity index (χ2n) is 4.14. The van der Waals surface area contributed by atoms with Gasteiger partial charge >= 0.3 is 5.97 Å². The molecule has 2 rings (SSSR count). The Morgan fingerprint density at radius 3 is 2.95 bits per heavy atom. The van der Waals surface area contributed by atoms with Crippen LogP contribution in [0.4, 0.5) is 9.39 Å². The second-order valence-corrected chi connectivity index (χ2v) is 4.99. The quantitative estimate of drug-likeness (QED) is 0.856. The van der Waals surface area contributed by atoms with E-state index in [1.54, 1.807) is 30.6 Å². The lowest BCUT2D eigenvalue weighted by molar-refractivity contribution is 0.0521. The molecule has 0 bridgehead atoms. The lowest BCUT2D eigenvalue weighted by atomic mass is 10.1. The van der Waals surface area contributed by atoms with Crippen LogP contribution in [0.2, 0.25) is 0 Å². The molecule has 6 heteroatoms. The van der Waals surface area contributed by atoms with E-state index in [9.17, 15) is 9.18 Å². The van der Waals surface area contributed by atoms with E-state index >= 15 is 0 Å². The molecule has 0 radical (unpaired) electrons. The van der Waals surface area contributed by atoms with Gasteiger partial charge in [-0.2, -0.15) is 0 Å². The molecule has 2 aromatic rings. The van der Waals surface area contributed by atoms with Crippen LogP contribution in [0.5, 0.6) is 0 Å². The highest BCUT2D eigenvalue weighted by atomic mass is 32.1. The van der Waals surface area contributed by atoms with E-state index in [2.05, 4.69) is 10.3 Å². The first-order valence-electron chi connectivity index (χ1n) is 6.25. The van der Waals surface area contributed by atoms with Gasteiger partial charge in [0, 0.05) is 5.56 Å². The number of carbonyl (C=O) groups is 1. The van der Waals surface area contributed by atoms with E-state index in [0.717, 1.165) is 0 Å². The van der Waals surface area contributed by atoms with Gasteiger partial charge in [-0.15, -0.1) is 11.3 Å². The van der Waals surface area contributed by atoms with Crippen molar-refractivity contribution in [2.75, 3.05) is 11.9 Å². The molecule has 1 aromatic heterocycles. The SMILES string of the molecule is CCOC(=O)c1ncsc1NC(C)c1ccccc1F. The normalized spacial score (nSPS) is 11.9. The van der Waals surface area contributed by atoms with Crippen LogP contribution in [0.1, 0.15) is 35.9 Å². The lowest BCUT2D eigenvalue weighted by Gasteiger charge is -2.15. The Labute approximate surface area is 120 Å². The van der Waals surface area contributed by atoms with E-state index in [1.807, 2.05) is 6.92 Å². The van der Waals surface area contributed by atoms with E-state index in [0.29, 0.717) is 17.2 Å². The van der Waals surface area contributed by atoms with Gasteiger partial charge in [0.05, 0.1) is 18.2 Å². The third-order valence-electron chi connectivity index (χ3n) is 2.76. The van der Waals surface area contributed by atoms with Crippen LogP contribution in [-0.2, 0) is 4.74 Å². The average Bonchev–Trinajstić information content (AvgIpc) is 2.87. The number of halogens is 1. The predicted octanol–water partition coefficient (Wildman–Crippen LogP) is 3.63. The monoisotopic (exact) mass is 294 g/mol. The molecule has 0 fully saturated rings. The Morgan fingerprint density at radius 2 is 2.25 bits per heavy atom. The number of esters is 1. The van der Waals surface area contributed by atoms with Crippen molar-refractivity contribution < 1.29 is 13.9 Å². The Morgan fingerprint density at radius 1 is 1.50 bits per heavy atom. The van der Waals surface area contributed by atoms with Crippen molar-refractivity contribution in [3.63, 3.8) is 0 Å². The molecule has 0 saturated carbocycles. The van der Waals surface area contributed by atoms with Crippen LogP contribution in [-0.4, -0.2) is 17.6 Å². The zero-order valence-corrected chi connectivity index (χ0v) is 12.0. The van der Waals surface area contributed by atoms with Gasteiger partial charge in [0.25, 0.3) is 0 Å². The first-order valence-corrected chi connectivity index (χ1v) is 7.13. The third kappa shape index (κ3) is 3.14. The van der Waals surface area contributed by atoms with E-state index in [1.165, 1.54) is 17.4 Å². The van der Waals surface area contributed by atoms with Gasteiger partial charge in [0.1, 0.15) is 10.8 Å². The van der Waals surface area contributed by atoms with Gasteiger partial charge in [0.2, 0.25) is 0 Å². The molecule has 0 spiro atoms. The molecular weight excluding hydrogens is 279 g/mol. The number of hydrogen-bond donors (Lipinski definition) is 1. The molecular formula is C14H15FN2O2S. The summed E-state index contributed by atoms with van der Waals surface area (Å²) in [6.07, 6.45) is 0. The van der Waals surface area contributed by atoms with Crippen LogP contribution in [0.3, 0.4) is 0 Å². The number of nitrogens with one attached hydrogen (secondary N) is 1. The standard InChI is InChI=1S/C14H15FN2O2S/c1-3-19-14(18)12-13(20-8-16-12)17-9(2)10-6-4-5-7-11(10)15/h4-9,17H,3H2,1-2H3. The minimum absolute atomic E-state index is 0.236. The summed E-state index contributed by atoms with van der Waals surface area (Å²) in [5, 5.41) is 3.68. The minimum Gasteiger partial charge on any atom is -0.461 e. The van der Waals surface area contributed by atoms with Crippen molar-refractivity contribution >= 4 is 22.3 Å². The van der Waals surface area contributed by atoms with E-state index in [4.69, 9.17) is 4.74 Å². The Balaban J connectivity index is 2.17. The van der Waals surface area contributed by atoms with Gasteiger partial charge in [-0.25, -0.2) is 14.2 Å². The molecule has 1 N–H and O–H groups in total. The largest absolute Gasteiger partial charge is 0.461 e. The van der Waals surface area contributed by atoms with Gasteiger partial charge in [-0.1, -0.05) is 18.2 Å². The van der Waals surface area contributed by atoms with Crippen LogP contribution >= 0.6 is 11.3 Å². The molecule has 1 aromatic carbocycles. The summed E-state index contributed by atoms with van der Waals surface area (Å²) in [6.45, 7) is 3.85. The number of ether oxygens (including phenoxy) is 1. The van der Waals surface area contributed by atoms with Crippen molar-refractivity contribution in [3.05, 3.63) is 46.9 Å². The van der Waals surface area contributed by atoms with Crippen molar-refractivity contribution in [3.8, 4) is 0 Å². The molecule has 106 valence electrons. The van der Waals surface area contributed by atoms with Crippen molar-refractivity contribution in [2.45, 2.75) is 19.9 Å². The number of nitrogens with zero attached hydrogens (tertiary/aromatic N) is 1. The highest BCUT2D eigenvalue weighted by Gasteiger charge is 2.19. The summed E-state index contributed by atoms with van der Waals surface area (Å²) in [5.41, 5.74) is 2.33. The maximum Gasteiger partial charge on any atom is 0.360 e. The van der Waals surface area contributed by atoms with Crippen LogP contribution in [0.15, 0.2) is 29.8 Å². The highest BCUT2D eigenvalue weighted by molar-refractivity contribution is 7.14. The summed E-state index contributed by atoms with van der Waals surface area (Å²) >= 11 is 1.29. The molecule has 0 saturated heterocycles. The molecule has 0 aliphatic heterocycles. The second kappa shape index (κ2) is 6.47. The van der Waals surface area contributed by atoms with E-state index in [-0.39, 0.29) is 17.6 Å². The number of carbonyl (C=O) groups excluding carboxylic acids is 1. The van der Waals surface area contributed by atoms with Crippen LogP contribution in [0, 0.1) is 5.82 Å². The van der Waals surface area contributed by atoms with Crippen molar-refractivity contribution in [1.29, 1.82) is 0 Å². The molecule has 1 atom stereocenters. The smallest absolute Gasteiger partial charge is 0.360 e. The molecule has 4 nitrogen and oxygen atoms in total. The first-order chi connectivity index (χ1) is 9.63. The number of anilines is 1. The predicted molar refractivity (Wildman–Crippen MR) is 76.5 cm³/mol. The Bertz CT molecular complexity index is 600. The Hall–Kier alpha value is -1.95. The number of rotatable bonds is 5. The fraction of sp³-hybridized carbons (Fsp3) is 0.286. The summed E-state index contributed by atoms with van der Waals surface area (Å²) in [6, 6.07) is 6.26. The van der Waals surface area contributed by atoms with Gasteiger partial charge < -0.3 is 10.1 Å². The fourth-order valence-corrected chi connectivity index (χ4v) is 2.55. The minimum atomic E-state index is -0.475. The summed E-state index contributed by atoms with van der Waals surface area (Å²) in [5.74, 6) is -0.758. The molecule has 0 aliphatic rings. The van der Waals surface area contributed by atoms with Gasteiger partial charge in [-0.3, -0.25) is 0 Å². The molecule has 20 heavy (non-hydrogen) atoms. The topological polar surface area (TPSA) is 51.2 Å². The number of benzene rings is 1. The van der Waals surface area contributed by atoms with Crippen molar-refractivity contribution in [1.82, 2.24) is 4.98 Å². The maximum absolute atomic E-state index is 13.7. The lowest BCUT2D eigenvalue weighted by Crippen LogP contribution is -2.12. The van der Waals surface area contributed by atoms with Gasteiger partial charge in [0.15, 0.2) is 5.69 Å². The number of aromatic nitrogens is 1. The first kappa shape index (κ1) is 14.5. The van der Waals surface area contributed by atoms with Crippen molar-refractivity contribution in [2.24, 2.45) is 0 Å². The number of thiazole rings is 1. The van der Waals surface area contributed by atoms with Crippen LogP contribution in [0.25, 0.3) is 0 Å². The van der Waals surface area contributed by atoms with Crippen LogP contribution < -0.4 is 5.32 Å². The average molecular weight is 294 g/mol. The molecule has 1 unspecified atom stereocenters. The van der Waals surface area contributed by atoms with Gasteiger partial charge in [-0.05, 0) is 19.9 Å². The van der Waals surface area contributed by atoms with E-state index < -0.39 is 5.97 Å². The molecule has 1 heterocycles. The highest BCUT2D eigenvalue weighted by Crippen LogP contribution is 2.27. The summed E-state index contributed by atoms with van der Waals surface area (Å²) in [4.78, 5) is 15.7. The zero-order chi connectivity index (χ0) is 14.5. The fourth-order valence-electron chi connectivity index (χ4n) is 1.79. The molecule has 0 amide bonds. The maximum atomic E-state index is 13.7. The Kier molecular flexibility index (Phi) is 4.68. The third-order valence-corrected chi connectivity index (χ3v) is 3.51. The zero-order valence-electron chi connectivity index (χ0n) is 11.2. The molecule has 0 aliphatic carbocycles.